The maximum Gasteiger partial charge on any atom is 0.146 e. The lowest BCUT2D eigenvalue weighted by Gasteiger charge is -2.11. The Bertz CT molecular complexity index is 921. The van der Waals surface area contributed by atoms with E-state index in [0.29, 0.717) is 6.61 Å². The number of aryl methyl sites for hydroxylation is 1. The van der Waals surface area contributed by atoms with Gasteiger partial charge < -0.3 is 9.84 Å². The van der Waals surface area contributed by atoms with Gasteiger partial charge in [0.15, 0.2) is 0 Å². The largest absolute Gasteiger partial charge is 0.516 e. The van der Waals surface area contributed by atoms with Crippen LogP contribution in [-0.2, 0) is 13.0 Å². The van der Waals surface area contributed by atoms with Crippen LogP contribution >= 0.6 is 0 Å². The van der Waals surface area contributed by atoms with Gasteiger partial charge >= 0.3 is 0 Å². The zero-order valence-corrected chi connectivity index (χ0v) is 18.5. The Morgan fingerprint density at radius 2 is 1.52 bits per heavy atom. The van der Waals surface area contributed by atoms with E-state index >= 15 is 0 Å². The van der Waals surface area contributed by atoms with Crippen molar-refractivity contribution in [2.75, 3.05) is 0 Å². The molecule has 3 aromatic rings. The third-order valence-corrected chi connectivity index (χ3v) is 5.73. The fourth-order valence-corrected chi connectivity index (χ4v) is 3.99. The van der Waals surface area contributed by atoms with Crippen LogP contribution in [0.3, 0.4) is 0 Å². The fraction of sp³-hybridized carbons (Fsp3) is 0.393. The minimum Gasteiger partial charge on any atom is -0.516 e. The van der Waals surface area contributed by atoms with E-state index in [4.69, 9.17) is 9.84 Å². The van der Waals surface area contributed by atoms with E-state index in [2.05, 4.69) is 35.3 Å². The Balaban J connectivity index is 1.43. The summed E-state index contributed by atoms with van der Waals surface area (Å²) in [5.74, 6) is 0.859. The molecule has 31 heavy (non-hydrogen) atoms. The number of aliphatic hydroxyl groups excluding tert-OH is 1. The van der Waals surface area contributed by atoms with E-state index in [1.165, 1.54) is 62.3 Å². The van der Waals surface area contributed by atoms with Crippen molar-refractivity contribution < 1.29 is 9.84 Å². The number of benzene rings is 2. The zero-order valence-electron chi connectivity index (χ0n) is 18.5. The number of para-hydroxylation sites is 1. The van der Waals surface area contributed by atoms with Crippen LogP contribution in [0.2, 0.25) is 0 Å². The molecule has 3 heteroatoms. The monoisotopic (exact) mass is 417 g/mol. The molecule has 0 bridgehead atoms. The second-order valence-corrected chi connectivity index (χ2v) is 8.15. The molecule has 0 aliphatic carbocycles. The van der Waals surface area contributed by atoms with Crippen LogP contribution in [0.1, 0.15) is 68.9 Å². The molecule has 2 aromatic carbocycles. The first-order valence-electron chi connectivity index (χ1n) is 11.7. The number of hydrogen-bond donors (Lipinski definition) is 1. The van der Waals surface area contributed by atoms with E-state index in [1.807, 2.05) is 36.5 Å². The Morgan fingerprint density at radius 3 is 2.29 bits per heavy atom. The van der Waals surface area contributed by atoms with Gasteiger partial charge in [0.25, 0.3) is 0 Å². The van der Waals surface area contributed by atoms with Gasteiger partial charge in [0.05, 0.1) is 6.26 Å². The minimum absolute atomic E-state index is 0.560. The molecule has 0 saturated heterocycles. The lowest BCUT2D eigenvalue weighted by molar-refractivity contribution is 0.309. The van der Waals surface area contributed by atoms with Crippen LogP contribution < -0.4 is 4.74 Å². The summed E-state index contributed by atoms with van der Waals surface area (Å²) < 4.78 is 6.09. The number of aliphatic hydroxyl groups is 1. The van der Waals surface area contributed by atoms with Crippen LogP contribution in [0.25, 0.3) is 10.9 Å². The molecule has 0 aliphatic rings. The SMILES string of the molecule is OC=CCCCCCCCCCCc1ccnc2c(OCc3ccccc3)cccc12. The second kappa shape index (κ2) is 13.5. The number of aromatic nitrogens is 1. The van der Waals surface area contributed by atoms with Crippen molar-refractivity contribution in [2.24, 2.45) is 0 Å². The van der Waals surface area contributed by atoms with Crippen molar-refractivity contribution in [2.45, 2.75) is 70.8 Å². The summed E-state index contributed by atoms with van der Waals surface area (Å²) in [6.07, 6.45) is 17.2. The summed E-state index contributed by atoms with van der Waals surface area (Å²) in [5, 5.41) is 9.83. The van der Waals surface area contributed by atoms with Crippen LogP contribution in [0.15, 0.2) is 73.1 Å². The first-order chi connectivity index (χ1) is 15.4. The van der Waals surface area contributed by atoms with Gasteiger partial charge in [0, 0.05) is 11.6 Å². The molecule has 0 atom stereocenters. The maximum absolute atomic E-state index is 8.62. The summed E-state index contributed by atoms with van der Waals surface area (Å²) in [6.45, 7) is 0.560. The molecule has 0 aliphatic heterocycles. The highest BCUT2D eigenvalue weighted by atomic mass is 16.5. The first kappa shape index (κ1) is 22.9. The van der Waals surface area contributed by atoms with Gasteiger partial charge in [-0.3, -0.25) is 4.98 Å². The lowest BCUT2D eigenvalue weighted by atomic mass is 10.0. The molecule has 3 rings (SSSR count). The van der Waals surface area contributed by atoms with Crippen molar-refractivity contribution in [3.8, 4) is 5.75 Å². The number of nitrogens with zero attached hydrogens (tertiary/aromatic N) is 1. The topological polar surface area (TPSA) is 42.4 Å². The normalized spacial score (nSPS) is 11.4. The Labute approximate surface area is 186 Å². The quantitative estimate of drug-likeness (QED) is 0.214. The van der Waals surface area contributed by atoms with Crippen LogP contribution in [0.4, 0.5) is 0 Å². The average Bonchev–Trinajstić information content (AvgIpc) is 2.82. The van der Waals surface area contributed by atoms with E-state index in [0.717, 1.165) is 35.9 Å². The van der Waals surface area contributed by atoms with E-state index in [1.54, 1.807) is 0 Å². The highest BCUT2D eigenvalue weighted by Crippen LogP contribution is 2.27. The summed E-state index contributed by atoms with van der Waals surface area (Å²) in [6, 6.07) is 18.7. The van der Waals surface area contributed by atoms with Gasteiger partial charge in [0.1, 0.15) is 17.9 Å². The number of pyridine rings is 1. The summed E-state index contributed by atoms with van der Waals surface area (Å²) in [4.78, 5) is 4.62. The second-order valence-electron chi connectivity index (χ2n) is 8.15. The predicted molar refractivity (Wildman–Crippen MR) is 130 cm³/mol. The van der Waals surface area contributed by atoms with Gasteiger partial charge in [-0.2, -0.15) is 0 Å². The smallest absolute Gasteiger partial charge is 0.146 e. The van der Waals surface area contributed by atoms with E-state index < -0.39 is 0 Å². The van der Waals surface area contributed by atoms with Crippen molar-refractivity contribution in [1.29, 1.82) is 0 Å². The van der Waals surface area contributed by atoms with Crippen molar-refractivity contribution in [1.82, 2.24) is 4.98 Å². The molecule has 1 N–H and O–H groups in total. The number of hydrogen-bond acceptors (Lipinski definition) is 3. The van der Waals surface area contributed by atoms with Crippen molar-refractivity contribution in [3.05, 3.63) is 84.3 Å². The molecule has 3 nitrogen and oxygen atoms in total. The Hall–Kier alpha value is -2.81. The summed E-state index contributed by atoms with van der Waals surface area (Å²) >= 11 is 0. The molecule has 0 fully saturated rings. The number of fused-ring (bicyclic) bond motifs is 1. The van der Waals surface area contributed by atoms with Gasteiger partial charge in [-0.15, -0.1) is 0 Å². The summed E-state index contributed by atoms with van der Waals surface area (Å²) in [7, 11) is 0. The van der Waals surface area contributed by atoms with Gasteiger partial charge in [-0.1, -0.05) is 87.1 Å². The molecule has 164 valence electrons. The highest BCUT2D eigenvalue weighted by molar-refractivity contribution is 5.87. The zero-order chi connectivity index (χ0) is 21.6. The molecule has 0 amide bonds. The molecular weight excluding hydrogens is 382 g/mol. The van der Waals surface area contributed by atoms with Gasteiger partial charge in [-0.25, -0.2) is 0 Å². The van der Waals surface area contributed by atoms with Crippen LogP contribution in [-0.4, -0.2) is 10.1 Å². The first-order valence-corrected chi connectivity index (χ1v) is 11.7. The van der Waals surface area contributed by atoms with E-state index in [-0.39, 0.29) is 0 Å². The average molecular weight is 418 g/mol. The third-order valence-electron chi connectivity index (χ3n) is 5.73. The summed E-state index contributed by atoms with van der Waals surface area (Å²) in [5.41, 5.74) is 3.50. The molecule has 0 radical (unpaired) electrons. The predicted octanol–water partition coefficient (Wildman–Crippen LogP) is 7.94. The third kappa shape index (κ3) is 7.75. The number of rotatable bonds is 14. The number of ether oxygens (including phenoxy) is 1. The van der Waals surface area contributed by atoms with Crippen LogP contribution in [0, 0.1) is 0 Å². The maximum atomic E-state index is 8.62. The molecule has 1 aromatic heterocycles. The Kier molecular flexibility index (Phi) is 9.95. The molecular formula is C28H35NO2. The van der Waals surface area contributed by atoms with Crippen molar-refractivity contribution >= 4 is 10.9 Å². The van der Waals surface area contributed by atoms with Gasteiger partial charge in [0.2, 0.25) is 0 Å². The minimum atomic E-state index is 0.560. The molecule has 0 spiro atoms. The highest BCUT2D eigenvalue weighted by Gasteiger charge is 2.08. The molecule has 0 unspecified atom stereocenters. The van der Waals surface area contributed by atoms with Crippen LogP contribution in [0.5, 0.6) is 5.75 Å². The van der Waals surface area contributed by atoms with E-state index in [9.17, 15) is 0 Å². The Morgan fingerprint density at radius 1 is 0.774 bits per heavy atom. The fourth-order valence-electron chi connectivity index (χ4n) is 3.99. The molecule has 1 heterocycles. The molecule has 0 saturated carbocycles. The number of unbranched alkanes of at least 4 members (excludes halogenated alkanes) is 8. The lowest BCUT2D eigenvalue weighted by Crippen LogP contribution is -1.97. The standard InChI is InChI=1S/C28H35NO2/c30-22-13-8-6-4-2-1-3-5-7-12-17-25-20-21-29-28-26(25)18-14-19-27(28)31-23-24-15-10-9-11-16-24/h9-11,13-16,18-22,30H,1-8,12,17,23H2. The number of allylic oxidation sites excluding steroid dienone is 1. The van der Waals surface area contributed by atoms with Crippen molar-refractivity contribution in [3.63, 3.8) is 0 Å². The van der Waals surface area contributed by atoms with Gasteiger partial charge in [-0.05, 0) is 48.9 Å².